The van der Waals surface area contributed by atoms with Gasteiger partial charge in [0.25, 0.3) is 0 Å². The third-order valence-corrected chi connectivity index (χ3v) is 5.98. The lowest BCUT2D eigenvalue weighted by Crippen LogP contribution is -2.12. The highest BCUT2D eigenvalue weighted by Crippen LogP contribution is 2.50. The minimum atomic E-state index is 0.810. The quantitative estimate of drug-likeness (QED) is 0.647. The summed E-state index contributed by atoms with van der Waals surface area (Å²) in [5.41, 5.74) is 6.61. The number of hydrogen-bond donors (Lipinski definition) is 1. The van der Waals surface area contributed by atoms with Crippen molar-refractivity contribution in [1.29, 1.82) is 0 Å². The molecule has 0 radical (unpaired) electrons. The number of rotatable bonds is 3. The summed E-state index contributed by atoms with van der Waals surface area (Å²) in [5, 5.41) is 0.840. The lowest BCUT2D eigenvalue weighted by atomic mass is 9.90. The van der Waals surface area contributed by atoms with Crippen LogP contribution in [0.3, 0.4) is 0 Å². The maximum atomic E-state index is 6.18. The van der Waals surface area contributed by atoms with Gasteiger partial charge in [0.2, 0.25) is 0 Å². The third kappa shape index (κ3) is 2.43. The van der Waals surface area contributed by atoms with Gasteiger partial charge in [0.15, 0.2) is 0 Å². The molecule has 0 heterocycles. The number of halogens is 1. The summed E-state index contributed by atoms with van der Waals surface area (Å²) in [5.74, 6) is 4.15. The summed E-state index contributed by atoms with van der Waals surface area (Å²) in [6.07, 6.45) is 5.86. The second kappa shape index (κ2) is 4.74. The number of thioether (sulfide) groups is 1. The molecule has 3 heteroatoms. The molecule has 1 nitrogen and oxygen atoms in total. The van der Waals surface area contributed by atoms with Gasteiger partial charge in [-0.2, -0.15) is 0 Å². The molecule has 0 aromatic heterocycles. The topological polar surface area (TPSA) is 26.0 Å². The number of hydrogen-bond acceptors (Lipinski definition) is 2. The molecule has 2 aliphatic rings. The molecule has 3 unspecified atom stereocenters. The van der Waals surface area contributed by atoms with Crippen LogP contribution >= 0.6 is 23.4 Å². The normalized spacial score (nSPS) is 31.0. The van der Waals surface area contributed by atoms with Crippen molar-refractivity contribution in [2.45, 2.75) is 30.6 Å². The molecule has 92 valence electrons. The predicted molar refractivity (Wildman–Crippen MR) is 75.5 cm³/mol. The fraction of sp³-hybridized carbons (Fsp3) is 0.571. The van der Waals surface area contributed by atoms with Crippen LogP contribution in [0, 0.1) is 17.8 Å². The van der Waals surface area contributed by atoms with E-state index in [9.17, 15) is 0 Å². The average molecular weight is 268 g/mol. The van der Waals surface area contributed by atoms with Gasteiger partial charge in [0.05, 0.1) is 5.02 Å². The fourth-order valence-electron chi connectivity index (χ4n) is 3.41. The van der Waals surface area contributed by atoms with Crippen molar-refractivity contribution in [3.8, 4) is 0 Å². The molecule has 1 aromatic rings. The SMILES string of the molecule is Nc1ccc(Cl)c(SCC2CC3CCC2C3)c1. The molecule has 2 aliphatic carbocycles. The molecule has 2 saturated carbocycles. The first kappa shape index (κ1) is 11.7. The molecular formula is C14H18ClNS. The van der Waals surface area contributed by atoms with E-state index in [4.69, 9.17) is 17.3 Å². The van der Waals surface area contributed by atoms with E-state index in [0.717, 1.165) is 33.4 Å². The van der Waals surface area contributed by atoms with Gasteiger partial charge in [-0.1, -0.05) is 18.0 Å². The van der Waals surface area contributed by atoms with Crippen molar-refractivity contribution in [2.24, 2.45) is 17.8 Å². The number of fused-ring (bicyclic) bond motifs is 2. The minimum Gasteiger partial charge on any atom is -0.399 e. The molecule has 1 aromatic carbocycles. The van der Waals surface area contributed by atoms with Crippen LogP contribution in [0.5, 0.6) is 0 Å². The Morgan fingerprint density at radius 1 is 1.29 bits per heavy atom. The Balaban J connectivity index is 1.62. The van der Waals surface area contributed by atoms with Crippen molar-refractivity contribution in [1.82, 2.24) is 0 Å². The molecule has 3 atom stereocenters. The summed E-state index contributed by atoms with van der Waals surface area (Å²) in [7, 11) is 0. The van der Waals surface area contributed by atoms with E-state index >= 15 is 0 Å². The Bertz CT molecular complexity index is 421. The summed E-state index contributed by atoms with van der Waals surface area (Å²) in [6, 6.07) is 5.77. The van der Waals surface area contributed by atoms with Gasteiger partial charge >= 0.3 is 0 Å². The van der Waals surface area contributed by atoms with Crippen molar-refractivity contribution in [2.75, 3.05) is 11.5 Å². The number of anilines is 1. The first-order valence-electron chi connectivity index (χ1n) is 6.40. The lowest BCUT2D eigenvalue weighted by Gasteiger charge is -2.21. The van der Waals surface area contributed by atoms with Crippen molar-refractivity contribution < 1.29 is 0 Å². The summed E-state index contributed by atoms with van der Waals surface area (Å²) in [4.78, 5) is 1.15. The van der Waals surface area contributed by atoms with E-state index in [-0.39, 0.29) is 0 Å². The first-order valence-corrected chi connectivity index (χ1v) is 7.76. The second-order valence-electron chi connectivity index (χ2n) is 5.44. The molecule has 2 fully saturated rings. The van der Waals surface area contributed by atoms with Gasteiger partial charge in [-0.15, -0.1) is 11.8 Å². The summed E-state index contributed by atoms with van der Waals surface area (Å²) < 4.78 is 0. The number of benzene rings is 1. The number of nitrogens with two attached hydrogens (primary N) is 1. The molecule has 3 rings (SSSR count). The van der Waals surface area contributed by atoms with Crippen molar-refractivity contribution in [3.63, 3.8) is 0 Å². The summed E-state index contributed by atoms with van der Waals surface area (Å²) in [6.45, 7) is 0. The van der Waals surface area contributed by atoms with E-state index in [1.54, 1.807) is 0 Å². The summed E-state index contributed by atoms with van der Waals surface area (Å²) >= 11 is 8.07. The Morgan fingerprint density at radius 2 is 2.18 bits per heavy atom. The van der Waals surface area contributed by atoms with E-state index in [0.29, 0.717) is 0 Å². The van der Waals surface area contributed by atoms with E-state index < -0.39 is 0 Å². The van der Waals surface area contributed by atoms with Crippen LogP contribution in [-0.4, -0.2) is 5.75 Å². The van der Waals surface area contributed by atoms with Gasteiger partial charge in [-0.05, 0) is 55.2 Å². The lowest BCUT2D eigenvalue weighted by molar-refractivity contribution is 0.365. The Labute approximate surface area is 112 Å². The van der Waals surface area contributed by atoms with Gasteiger partial charge < -0.3 is 5.73 Å². The molecule has 0 saturated heterocycles. The Hall–Kier alpha value is -0.340. The van der Waals surface area contributed by atoms with Gasteiger partial charge in [0, 0.05) is 16.3 Å². The van der Waals surface area contributed by atoms with Gasteiger partial charge in [0.1, 0.15) is 0 Å². The molecule has 2 bridgehead atoms. The maximum absolute atomic E-state index is 6.18. The van der Waals surface area contributed by atoms with Crippen LogP contribution in [0.1, 0.15) is 25.7 Å². The molecule has 17 heavy (non-hydrogen) atoms. The molecule has 0 aliphatic heterocycles. The highest BCUT2D eigenvalue weighted by molar-refractivity contribution is 7.99. The fourth-order valence-corrected chi connectivity index (χ4v) is 4.92. The van der Waals surface area contributed by atoms with Crippen LogP contribution in [-0.2, 0) is 0 Å². The highest BCUT2D eigenvalue weighted by Gasteiger charge is 2.39. The monoisotopic (exact) mass is 267 g/mol. The van der Waals surface area contributed by atoms with Crippen LogP contribution in [0.4, 0.5) is 5.69 Å². The minimum absolute atomic E-state index is 0.810. The standard InChI is InChI=1S/C14H18ClNS/c15-13-4-3-12(16)7-14(13)17-8-11-6-9-1-2-10(11)5-9/h3-4,7,9-11H,1-2,5-6,8,16H2. The van der Waals surface area contributed by atoms with E-state index in [2.05, 4.69) is 0 Å². The van der Waals surface area contributed by atoms with Crippen LogP contribution in [0.2, 0.25) is 5.02 Å². The average Bonchev–Trinajstić information content (AvgIpc) is 2.92. The molecule has 2 N–H and O–H groups in total. The second-order valence-corrected chi connectivity index (χ2v) is 6.90. The van der Waals surface area contributed by atoms with Crippen LogP contribution < -0.4 is 5.73 Å². The van der Waals surface area contributed by atoms with Crippen molar-refractivity contribution >= 4 is 29.1 Å². The van der Waals surface area contributed by atoms with Crippen molar-refractivity contribution in [3.05, 3.63) is 23.2 Å². The Morgan fingerprint density at radius 3 is 2.88 bits per heavy atom. The zero-order valence-corrected chi connectivity index (χ0v) is 11.4. The third-order valence-electron chi connectivity index (χ3n) is 4.29. The molecule has 0 amide bonds. The van der Waals surface area contributed by atoms with E-state index in [1.807, 2.05) is 30.0 Å². The first-order chi connectivity index (χ1) is 8.22. The zero-order valence-electron chi connectivity index (χ0n) is 9.86. The predicted octanol–water partition coefficient (Wildman–Crippen LogP) is 4.45. The molecular weight excluding hydrogens is 250 g/mol. The van der Waals surface area contributed by atoms with Gasteiger partial charge in [-0.3, -0.25) is 0 Å². The molecule has 0 spiro atoms. The zero-order chi connectivity index (χ0) is 11.8. The number of nitrogen functional groups attached to an aromatic ring is 1. The van der Waals surface area contributed by atoms with Crippen LogP contribution in [0.15, 0.2) is 23.1 Å². The highest BCUT2D eigenvalue weighted by atomic mass is 35.5. The van der Waals surface area contributed by atoms with Gasteiger partial charge in [-0.25, -0.2) is 0 Å². The van der Waals surface area contributed by atoms with Crippen LogP contribution in [0.25, 0.3) is 0 Å². The Kier molecular flexibility index (Phi) is 3.27. The van der Waals surface area contributed by atoms with E-state index in [1.165, 1.54) is 31.4 Å². The maximum Gasteiger partial charge on any atom is 0.0543 e. The largest absolute Gasteiger partial charge is 0.399 e. The smallest absolute Gasteiger partial charge is 0.0543 e.